The Hall–Kier alpha value is -1.82. The number of nitro benzene ring substituents is 1. The Kier molecular flexibility index (Phi) is 5.22. The third-order valence-electron chi connectivity index (χ3n) is 2.17. The van der Waals surface area contributed by atoms with Crippen molar-refractivity contribution in [2.24, 2.45) is 0 Å². The average Bonchev–Trinajstić information content (AvgIpc) is 2.34. The van der Waals surface area contributed by atoms with Crippen LogP contribution in [0.15, 0.2) is 18.2 Å². The van der Waals surface area contributed by atoms with E-state index in [0.717, 1.165) is 0 Å². The second kappa shape index (κ2) is 6.70. The first-order valence-electron chi connectivity index (χ1n) is 5.33. The van der Waals surface area contributed by atoms with Gasteiger partial charge in [-0.3, -0.25) is 10.1 Å². The molecule has 0 aliphatic heterocycles. The van der Waals surface area contributed by atoms with Gasteiger partial charge in [0.1, 0.15) is 11.4 Å². The Balaban J connectivity index is 2.73. The topological polar surface area (TPSA) is 73.6 Å². The van der Waals surface area contributed by atoms with Crippen LogP contribution in [-0.2, 0) is 4.74 Å². The normalized spacial score (nSPS) is 10.0. The fourth-order valence-corrected chi connectivity index (χ4v) is 1.34. The van der Waals surface area contributed by atoms with Gasteiger partial charge in [0.25, 0.3) is 5.69 Å². The largest absolute Gasteiger partial charge is 0.496 e. The first-order chi connectivity index (χ1) is 8.19. The minimum Gasteiger partial charge on any atom is -0.496 e. The SMILES string of the molecule is CCOCCNc1ccc(OC)cc1[N+](=O)[O-]. The zero-order valence-electron chi connectivity index (χ0n) is 9.93. The van der Waals surface area contributed by atoms with Crippen LogP contribution >= 0.6 is 0 Å². The molecule has 0 aliphatic rings. The molecule has 0 bridgehead atoms. The van der Waals surface area contributed by atoms with Gasteiger partial charge >= 0.3 is 0 Å². The van der Waals surface area contributed by atoms with Crippen LogP contribution < -0.4 is 10.1 Å². The van der Waals surface area contributed by atoms with Gasteiger partial charge in [-0.2, -0.15) is 0 Å². The van der Waals surface area contributed by atoms with Gasteiger partial charge in [0, 0.05) is 13.2 Å². The number of anilines is 1. The molecule has 0 amide bonds. The minimum atomic E-state index is -0.439. The predicted octanol–water partition coefficient (Wildman–Crippen LogP) is 2.05. The molecular formula is C11H16N2O4. The molecule has 0 fully saturated rings. The zero-order chi connectivity index (χ0) is 12.7. The Bertz CT molecular complexity index is 382. The molecule has 0 atom stereocenters. The lowest BCUT2D eigenvalue weighted by Gasteiger charge is -2.08. The number of hydrogen-bond acceptors (Lipinski definition) is 5. The molecule has 17 heavy (non-hydrogen) atoms. The van der Waals surface area contributed by atoms with E-state index in [1.807, 2.05) is 6.92 Å². The molecule has 1 aromatic rings. The van der Waals surface area contributed by atoms with Crippen molar-refractivity contribution < 1.29 is 14.4 Å². The first-order valence-corrected chi connectivity index (χ1v) is 5.33. The standard InChI is InChI=1S/C11H16N2O4/c1-3-17-7-6-12-10-5-4-9(16-2)8-11(10)13(14)15/h4-5,8,12H,3,6-7H2,1-2H3. The van der Waals surface area contributed by atoms with Crippen LogP contribution in [-0.4, -0.2) is 31.8 Å². The van der Waals surface area contributed by atoms with Gasteiger partial charge < -0.3 is 14.8 Å². The second-order valence-electron chi connectivity index (χ2n) is 3.26. The van der Waals surface area contributed by atoms with Crippen molar-refractivity contribution in [3.8, 4) is 5.75 Å². The third kappa shape index (κ3) is 3.92. The number of rotatable bonds is 7. The van der Waals surface area contributed by atoms with Crippen molar-refractivity contribution in [3.05, 3.63) is 28.3 Å². The molecule has 6 heteroatoms. The summed E-state index contributed by atoms with van der Waals surface area (Å²) in [4.78, 5) is 10.4. The monoisotopic (exact) mass is 240 g/mol. The summed E-state index contributed by atoms with van der Waals surface area (Å²) in [6.45, 7) is 3.57. The Morgan fingerprint density at radius 2 is 2.24 bits per heavy atom. The first kappa shape index (κ1) is 13.2. The van der Waals surface area contributed by atoms with Crippen LogP contribution in [0.3, 0.4) is 0 Å². The molecule has 1 rings (SSSR count). The van der Waals surface area contributed by atoms with Gasteiger partial charge in [0.15, 0.2) is 0 Å². The summed E-state index contributed by atoms with van der Waals surface area (Å²) in [6.07, 6.45) is 0. The lowest BCUT2D eigenvalue weighted by molar-refractivity contribution is -0.384. The maximum Gasteiger partial charge on any atom is 0.296 e. The fourth-order valence-electron chi connectivity index (χ4n) is 1.34. The van der Waals surface area contributed by atoms with Gasteiger partial charge in [-0.25, -0.2) is 0 Å². The molecule has 0 aromatic heterocycles. The summed E-state index contributed by atoms with van der Waals surface area (Å²) >= 11 is 0. The number of nitrogens with zero attached hydrogens (tertiary/aromatic N) is 1. The summed E-state index contributed by atoms with van der Waals surface area (Å²) in [5, 5.41) is 13.8. The van der Waals surface area contributed by atoms with Crippen LogP contribution in [0.4, 0.5) is 11.4 Å². The second-order valence-corrected chi connectivity index (χ2v) is 3.26. The van der Waals surface area contributed by atoms with Crippen molar-refractivity contribution in [3.63, 3.8) is 0 Å². The quantitative estimate of drug-likeness (QED) is 0.448. The highest BCUT2D eigenvalue weighted by Gasteiger charge is 2.14. The molecule has 0 unspecified atom stereocenters. The van der Waals surface area contributed by atoms with Crippen molar-refractivity contribution in [2.45, 2.75) is 6.92 Å². The number of nitrogens with one attached hydrogen (secondary N) is 1. The molecule has 6 nitrogen and oxygen atoms in total. The smallest absolute Gasteiger partial charge is 0.296 e. The molecule has 0 saturated heterocycles. The van der Waals surface area contributed by atoms with E-state index in [-0.39, 0.29) is 5.69 Å². The van der Waals surface area contributed by atoms with E-state index in [4.69, 9.17) is 9.47 Å². The molecule has 94 valence electrons. The molecule has 1 N–H and O–H groups in total. The van der Waals surface area contributed by atoms with Gasteiger partial charge in [-0.1, -0.05) is 0 Å². The third-order valence-corrected chi connectivity index (χ3v) is 2.17. The number of nitro groups is 1. The van der Waals surface area contributed by atoms with Crippen LogP contribution in [0.1, 0.15) is 6.92 Å². The zero-order valence-corrected chi connectivity index (χ0v) is 9.93. The van der Waals surface area contributed by atoms with Crippen LogP contribution in [0.2, 0.25) is 0 Å². The Morgan fingerprint density at radius 1 is 1.47 bits per heavy atom. The molecule has 1 aromatic carbocycles. The van der Waals surface area contributed by atoms with E-state index in [1.165, 1.54) is 13.2 Å². The molecule has 0 heterocycles. The van der Waals surface area contributed by atoms with Crippen LogP contribution in [0.25, 0.3) is 0 Å². The van der Waals surface area contributed by atoms with Crippen LogP contribution in [0, 0.1) is 10.1 Å². The number of ether oxygens (including phenoxy) is 2. The van der Waals surface area contributed by atoms with Gasteiger partial charge in [0.05, 0.1) is 24.7 Å². The number of hydrogen-bond donors (Lipinski definition) is 1. The highest BCUT2D eigenvalue weighted by molar-refractivity contribution is 5.63. The highest BCUT2D eigenvalue weighted by Crippen LogP contribution is 2.28. The van der Waals surface area contributed by atoms with Crippen molar-refractivity contribution in [1.29, 1.82) is 0 Å². The van der Waals surface area contributed by atoms with Gasteiger partial charge in [-0.05, 0) is 19.1 Å². The Morgan fingerprint density at radius 3 is 2.82 bits per heavy atom. The van der Waals surface area contributed by atoms with Crippen LogP contribution in [0.5, 0.6) is 5.75 Å². The van der Waals surface area contributed by atoms with E-state index in [0.29, 0.717) is 31.2 Å². The predicted molar refractivity (Wildman–Crippen MR) is 64.6 cm³/mol. The summed E-state index contributed by atoms with van der Waals surface area (Å²) in [7, 11) is 1.47. The van der Waals surface area contributed by atoms with E-state index < -0.39 is 4.92 Å². The summed E-state index contributed by atoms with van der Waals surface area (Å²) in [6, 6.07) is 4.70. The van der Waals surface area contributed by atoms with Gasteiger partial charge in [0.2, 0.25) is 0 Å². The lowest BCUT2D eigenvalue weighted by atomic mass is 10.2. The maximum atomic E-state index is 10.9. The summed E-state index contributed by atoms with van der Waals surface area (Å²) < 4.78 is 10.1. The van der Waals surface area contributed by atoms with E-state index in [2.05, 4.69) is 5.32 Å². The lowest BCUT2D eigenvalue weighted by Crippen LogP contribution is -2.10. The van der Waals surface area contributed by atoms with E-state index in [9.17, 15) is 10.1 Å². The molecular weight excluding hydrogens is 224 g/mol. The molecule has 0 spiro atoms. The number of benzene rings is 1. The van der Waals surface area contributed by atoms with Gasteiger partial charge in [-0.15, -0.1) is 0 Å². The maximum absolute atomic E-state index is 10.9. The van der Waals surface area contributed by atoms with E-state index >= 15 is 0 Å². The minimum absolute atomic E-state index is 0.000786. The number of methoxy groups -OCH3 is 1. The summed E-state index contributed by atoms with van der Waals surface area (Å²) in [5.41, 5.74) is 0.469. The fraction of sp³-hybridized carbons (Fsp3) is 0.455. The molecule has 0 radical (unpaired) electrons. The highest BCUT2D eigenvalue weighted by atomic mass is 16.6. The Labute approximate surface area is 99.7 Å². The van der Waals surface area contributed by atoms with E-state index in [1.54, 1.807) is 12.1 Å². The van der Waals surface area contributed by atoms with Crippen molar-refractivity contribution in [2.75, 3.05) is 32.2 Å². The molecule has 0 aliphatic carbocycles. The van der Waals surface area contributed by atoms with Crippen molar-refractivity contribution in [1.82, 2.24) is 0 Å². The average molecular weight is 240 g/mol. The van der Waals surface area contributed by atoms with Crippen molar-refractivity contribution >= 4 is 11.4 Å². The molecule has 0 saturated carbocycles. The summed E-state index contributed by atoms with van der Waals surface area (Å²) in [5.74, 6) is 0.465.